The molecule has 0 aromatic heterocycles. The van der Waals surface area contributed by atoms with Crippen LogP contribution in [0.3, 0.4) is 0 Å². The van der Waals surface area contributed by atoms with E-state index in [0.29, 0.717) is 22.9 Å². The summed E-state index contributed by atoms with van der Waals surface area (Å²) < 4.78 is 16.5. The van der Waals surface area contributed by atoms with Crippen LogP contribution >= 0.6 is 0 Å². The van der Waals surface area contributed by atoms with Crippen molar-refractivity contribution in [1.82, 2.24) is 0 Å². The van der Waals surface area contributed by atoms with Gasteiger partial charge in [-0.3, -0.25) is 4.79 Å². The van der Waals surface area contributed by atoms with Gasteiger partial charge in [-0.05, 0) is 36.8 Å². The normalized spacial score (nSPS) is 16.0. The molecule has 0 radical (unpaired) electrons. The summed E-state index contributed by atoms with van der Waals surface area (Å²) in [4.78, 5) is 12.4. The van der Waals surface area contributed by atoms with E-state index in [0.717, 1.165) is 5.56 Å². The summed E-state index contributed by atoms with van der Waals surface area (Å²) >= 11 is 0. The number of ether oxygens (including phenoxy) is 3. The molecule has 2 aromatic rings. The lowest BCUT2D eigenvalue weighted by atomic mass is 10.2. The first-order chi connectivity index (χ1) is 10.7. The second-order valence-corrected chi connectivity index (χ2v) is 5.06. The molecule has 1 aliphatic rings. The summed E-state index contributed by atoms with van der Waals surface area (Å²) in [5, 5.41) is 2.83. The van der Waals surface area contributed by atoms with Crippen molar-refractivity contribution in [2.45, 2.75) is 13.0 Å². The lowest BCUT2D eigenvalue weighted by Gasteiger charge is -2.25. The van der Waals surface area contributed by atoms with Gasteiger partial charge in [0.2, 0.25) is 6.10 Å². The standard InChI is InChI=1S/C17H17NO4/c1-11-7-8-13(20-2)12(9-11)18-17(19)16-10-21-14-5-3-4-6-15(14)22-16/h3-9,16H,10H2,1-2H3,(H,18,19)/t16-/m1/s1. The first kappa shape index (κ1) is 14.3. The van der Waals surface area contributed by atoms with Gasteiger partial charge < -0.3 is 19.5 Å². The zero-order valence-electron chi connectivity index (χ0n) is 12.5. The van der Waals surface area contributed by atoms with Crippen LogP contribution in [0, 0.1) is 6.92 Å². The maximum absolute atomic E-state index is 12.4. The molecular formula is C17H17NO4. The number of para-hydroxylation sites is 2. The van der Waals surface area contributed by atoms with Crippen molar-refractivity contribution in [3.8, 4) is 17.2 Å². The van der Waals surface area contributed by atoms with Crippen LogP contribution in [-0.4, -0.2) is 25.7 Å². The third kappa shape index (κ3) is 2.83. The van der Waals surface area contributed by atoms with E-state index < -0.39 is 6.10 Å². The van der Waals surface area contributed by atoms with Crippen LogP contribution in [-0.2, 0) is 4.79 Å². The maximum Gasteiger partial charge on any atom is 0.269 e. The number of benzene rings is 2. The summed E-state index contributed by atoms with van der Waals surface area (Å²) in [7, 11) is 1.57. The molecule has 0 aliphatic carbocycles. The lowest BCUT2D eigenvalue weighted by molar-refractivity contribution is -0.125. The van der Waals surface area contributed by atoms with E-state index in [2.05, 4.69) is 5.32 Å². The van der Waals surface area contributed by atoms with Gasteiger partial charge >= 0.3 is 0 Å². The number of amides is 1. The van der Waals surface area contributed by atoms with E-state index in [9.17, 15) is 4.79 Å². The van der Waals surface area contributed by atoms with Gasteiger partial charge in [-0.25, -0.2) is 0 Å². The number of hydrogen-bond acceptors (Lipinski definition) is 4. The third-order valence-electron chi connectivity index (χ3n) is 3.41. The molecule has 0 unspecified atom stereocenters. The Hall–Kier alpha value is -2.69. The molecular weight excluding hydrogens is 282 g/mol. The molecule has 114 valence electrons. The van der Waals surface area contributed by atoms with Crippen molar-refractivity contribution in [3.63, 3.8) is 0 Å². The van der Waals surface area contributed by atoms with Crippen LogP contribution in [0.15, 0.2) is 42.5 Å². The summed E-state index contributed by atoms with van der Waals surface area (Å²) in [5.41, 5.74) is 1.65. The highest BCUT2D eigenvalue weighted by molar-refractivity contribution is 5.96. The Morgan fingerprint density at radius 3 is 2.77 bits per heavy atom. The van der Waals surface area contributed by atoms with Crippen LogP contribution in [0.2, 0.25) is 0 Å². The minimum Gasteiger partial charge on any atom is -0.495 e. The fourth-order valence-corrected chi connectivity index (χ4v) is 2.28. The Morgan fingerprint density at radius 2 is 2.00 bits per heavy atom. The third-order valence-corrected chi connectivity index (χ3v) is 3.41. The second-order valence-electron chi connectivity index (χ2n) is 5.06. The topological polar surface area (TPSA) is 56.8 Å². The van der Waals surface area contributed by atoms with Crippen molar-refractivity contribution < 1.29 is 19.0 Å². The molecule has 2 aromatic carbocycles. The van der Waals surface area contributed by atoms with E-state index in [1.165, 1.54) is 0 Å². The van der Waals surface area contributed by atoms with Gasteiger partial charge in [0.15, 0.2) is 11.5 Å². The number of rotatable bonds is 3. The van der Waals surface area contributed by atoms with Gasteiger partial charge in [0.1, 0.15) is 12.4 Å². The summed E-state index contributed by atoms with van der Waals surface area (Å²) in [6.07, 6.45) is -0.694. The Bertz CT molecular complexity index is 699. The first-order valence-corrected chi connectivity index (χ1v) is 7.01. The van der Waals surface area contributed by atoms with Crippen LogP contribution in [0.25, 0.3) is 0 Å². The SMILES string of the molecule is COc1ccc(C)cc1NC(=O)[C@H]1COc2ccccc2O1. The van der Waals surface area contributed by atoms with Gasteiger partial charge in [-0.2, -0.15) is 0 Å². The van der Waals surface area contributed by atoms with Crippen molar-refractivity contribution in [1.29, 1.82) is 0 Å². The van der Waals surface area contributed by atoms with Crippen LogP contribution in [0.1, 0.15) is 5.56 Å². The highest BCUT2D eigenvalue weighted by atomic mass is 16.6. The number of aryl methyl sites for hydroxylation is 1. The molecule has 0 spiro atoms. The highest BCUT2D eigenvalue weighted by Gasteiger charge is 2.27. The first-order valence-electron chi connectivity index (χ1n) is 7.01. The average Bonchev–Trinajstić information content (AvgIpc) is 2.54. The van der Waals surface area contributed by atoms with Gasteiger partial charge in [0, 0.05) is 0 Å². The van der Waals surface area contributed by atoms with Gasteiger partial charge in [-0.15, -0.1) is 0 Å². The molecule has 0 bridgehead atoms. The number of nitrogens with one attached hydrogen (secondary N) is 1. The van der Waals surface area contributed by atoms with E-state index in [-0.39, 0.29) is 12.5 Å². The number of fused-ring (bicyclic) bond motifs is 1. The Morgan fingerprint density at radius 1 is 1.23 bits per heavy atom. The second kappa shape index (κ2) is 5.97. The molecule has 22 heavy (non-hydrogen) atoms. The van der Waals surface area contributed by atoms with Crippen molar-refractivity contribution in [3.05, 3.63) is 48.0 Å². The summed E-state index contributed by atoms with van der Waals surface area (Å²) in [5.74, 6) is 1.57. The minimum absolute atomic E-state index is 0.178. The predicted molar refractivity (Wildman–Crippen MR) is 82.7 cm³/mol. The molecule has 3 rings (SSSR count). The molecule has 0 saturated heterocycles. The number of methoxy groups -OCH3 is 1. The molecule has 1 aliphatic heterocycles. The fourth-order valence-electron chi connectivity index (χ4n) is 2.28. The molecule has 5 nitrogen and oxygen atoms in total. The quantitative estimate of drug-likeness (QED) is 0.947. The van der Waals surface area contributed by atoms with Gasteiger partial charge in [0.05, 0.1) is 12.8 Å². The minimum atomic E-state index is -0.694. The van der Waals surface area contributed by atoms with Crippen LogP contribution in [0.5, 0.6) is 17.2 Å². The summed E-state index contributed by atoms with van der Waals surface area (Å²) in [6, 6.07) is 12.9. The van der Waals surface area contributed by atoms with Gasteiger partial charge in [-0.1, -0.05) is 18.2 Å². The molecule has 1 heterocycles. The molecule has 5 heteroatoms. The smallest absolute Gasteiger partial charge is 0.269 e. The van der Waals surface area contributed by atoms with Crippen molar-refractivity contribution in [2.75, 3.05) is 19.0 Å². The van der Waals surface area contributed by atoms with Crippen LogP contribution < -0.4 is 19.5 Å². The zero-order valence-corrected chi connectivity index (χ0v) is 12.5. The van der Waals surface area contributed by atoms with E-state index in [1.54, 1.807) is 13.2 Å². The summed E-state index contributed by atoms with van der Waals surface area (Å²) in [6.45, 7) is 2.13. The Labute approximate surface area is 128 Å². The molecule has 1 N–H and O–H groups in total. The predicted octanol–water partition coefficient (Wildman–Crippen LogP) is 2.78. The number of carbonyl (C=O) groups is 1. The molecule has 0 saturated carbocycles. The Balaban J connectivity index is 1.75. The molecule has 1 atom stereocenters. The average molecular weight is 299 g/mol. The molecule has 1 amide bonds. The van der Waals surface area contributed by atoms with Crippen LogP contribution in [0.4, 0.5) is 5.69 Å². The van der Waals surface area contributed by atoms with E-state index in [4.69, 9.17) is 14.2 Å². The van der Waals surface area contributed by atoms with Crippen molar-refractivity contribution >= 4 is 11.6 Å². The Kier molecular flexibility index (Phi) is 3.87. The van der Waals surface area contributed by atoms with E-state index in [1.807, 2.05) is 43.3 Å². The fraction of sp³-hybridized carbons (Fsp3) is 0.235. The van der Waals surface area contributed by atoms with Crippen molar-refractivity contribution in [2.24, 2.45) is 0 Å². The maximum atomic E-state index is 12.4. The van der Waals surface area contributed by atoms with E-state index >= 15 is 0 Å². The number of anilines is 1. The lowest BCUT2D eigenvalue weighted by Crippen LogP contribution is -2.40. The van der Waals surface area contributed by atoms with Gasteiger partial charge in [0.25, 0.3) is 5.91 Å². The number of hydrogen-bond donors (Lipinski definition) is 1. The molecule has 0 fully saturated rings. The monoisotopic (exact) mass is 299 g/mol. The highest BCUT2D eigenvalue weighted by Crippen LogP contribution is 2.31. The zero-order chi connectivity index (χ0) is 15.5. The number of carbonyl (C=O) groups excluding carboxylic acids is 1. The largest absolute Gasteiger partial charge is 0.495 e.